The van der Waals surface area contributed by atoms with Gasteiger partial charge in [-0.3, -0.25) is 14.9 Å². The summed E-state index contributed by atoms with van der Waals surface area (Å²) in [7, 11) is 0. The number of fused-ring (bicyclic) bond motifs is 1. The van der Waals surface area contributed by atoms with Crippen LogP contribution in [0.25, 0.3) is 22.1 Å². The van der Waals surface area contributed by atoms with Gasteiger partial charge in [0, 0.05) is 12.3 Å². The number of carbonyl (C=O) groups excluding carboxylic acids is 1. The van der Waals surface area contributed by atoms with Crippen molar-refractivity contribution in [3.63, 3.8) is 0 Å². The van der Waals surface area contributed by atoms with Crippen molar-refractivity contribution in [2.24, 2.45) is 0 Å². The summed E-state index contributed by atoms with van der Waals surface area (Å²) >= 11 is 0. The molecular formula is C16H11NO5. The first-order valence-electron chi connectivity index (χ1n) is 6.51. The Bertz CT molecular complexity index is 867. The van der Waals surface area contributed by atoms with Crippen molar-refractivity contribution >= 4 is 22.8 Å². The maximum absolute atomic E-state index is 11.3. The van der Waals surface area contributed by atoms with Crippen molar-refractivity contribution in [2.45, 2.75) is 6.92 Å². The summed E-state index contributed by atoms with van der Waals surface area (Å²) in [5, 5.41) is 11.8. The zero-order valence-electron chi connectivity index (χ0n) is 11.6. The molecular weight excluding hydrogens is 286 g/mol. The number of ether oxygens (including phenoxy) is 1. The highest BCUT2D eigenvalue weighted by Crippen LogP contribution is 2.40. The van der Waals surface area contributed by atoms with Crippen LogP contribution in [0.3, 0.4) is 0 Å². The summed E-state index contributed by atoms with van der Waals surface area (Å²) < 4.78 is 10.4. The Morgan fingerprint density at radius 3 is 2.55 bits per heavy atom. The largest absolute Gasteiger partial charge is 0.442 e. The Morgan fingerprint density at radius 2 is 1.91 bits per heavy atom. The van der Waals surface area contributed by atoms with Gasteiger partial charge in [-0.05, 0) is 23.8 Å². The number of benzene rings is 2. The van der Waals surface area contributed by atoms with Gasteiger partial charge >= 0.3 is 11.9 Å². The molecule has 0 saturated heterocycles. The quantitative estimate of drug-likeness (QED) is 0.316. The number of nitrogens with zero attached hydrogens (tertiary/aromatic N) is 1. The van der Waals surface area contributed by atoms with Crippen LogP contribution in [0, 0.1) is 10.1 Å². The maximum Gasteiger partial charge on any atom is 0.442 e. The van der Waals surface area contributed by atoms with E-state index in [1.54, 1.807) is 36.4 Å². The van der Waals surface area contributed by atoms with Gasteiger partial charge < -0.3 is 9.15 Å². The van der Waals surface area contributed by atoms with E-state index < -0.39 is 10.9 Å². The van der Waals surface area contributed by atoms with E-state index in [2.05, 4.69) is 0 Å². The number of furan rings is 1. The topological polar surface area (TPSA) is 82.6 Å². The lowest BCUT2D eigenvalue weighted by Crippen LogP contribution is -2.00. The highest BCUT2D eigenvalue weighted by Gasteiger charge is 2.25. The Labute approximate surface area is 125 Å². The zero-order chi connectivity index (χ0) is 15.7. The third kappa shape index (κ3) is 2.42. The molecule has 0 N–H and O–H groups in total. The molecule has 1 heterocycles. The average molecular weight is 297 g/mol. The van der Waals surface area contributed by atoms with Gasteiger partial charge in [0.25, 0.3) is 0 Å². The summed E-state index contributed by atoms with van der Waals surface area (Å²) in [6, 6.07) is 13.6. The van der Waals surface area contributed by atoms with Crippen LogP contribution in [0.1, 0.15) is 6.92 Å². The molecule has 0 atom stereocenters. The third-order valence-electron chi connectivity index (χ3n) is 3.13. The highest BCUT2D eigenvalue weighted by atomic mass is 16.6. The Kier molecular flexibility index (Phi) is 3.34. The van der Waals surface area contributed by atoms with Crippen molar-refractivity contribution in [1.82, 2.24) is 0 Å². The smallest absolute Gasteiger partial charge is 0.427 e. The van der Waals surface area contributed by atoms with E-state index in [9.17, 15) is 14.9 Å². The molecule has 22 heavy (non-hydrogen) atoms. The maximum atomic E-state index is 11.3. The average Bonchev–Trinajstić information content (AvgIpc) is 2.86. The predicted molar refractivity (Wildman–Crippen MR) is 79.6 cm³/mol. The molecule has 0 unspecified atom stereocenters. The van der Waals surface area contributed by atoms with E-state index in [0.717, 1.165) is 0 Å². The summed E-state index contributed by atoms with van der Waals surface area (Å²) in [6.07, 6.45) is 0. The van der Waals surface area contributed by atoms with Gasteiger partial charge in [0.05, 0.1) is 0 Å². The van der Waals surface area contributed by atoms with E-state index in [1.165, 1.54) is 13.0 Å². The van der Waals surface area contributed by atoms with E-state index in [1.807, 2.05) is 6.07 Å². The van der Waals surface area contributed by atoms with Crippen molar-refractivity contribution in [3.05, 3.63) is 58.6 Å². The van der Waals surface area contributed by atoms with Crippen molar-refractivity contribution in [1.29, 1.82) is 0 Å². The first kappa shape index (κ1) is 13.8. The number of hydrogen-bond donors (Lipinski definition) is 0. The third-order valence-corrected chi connectivity index (χ3v) is 3.13. The molecule has 0 bridgehead atoms. The van der Waals surface area contributed by atoms with Crippen LogP contribution >= 0.6 is 0 Å². The molecule has 0 aliphatic heterocycles. The molecule has 0 amide bonds. The molecule has 0 saturated carbocycles. The molecule has 3 rings (SSSR count). The van der Waals surface area contributed by atoms with Crippen LogP contribution in [0.15, 0.2) is 52.9 Å². The summed E-state index contributed by atoms with van der Waals surface area (Å²) in [6.45, 7) is 1.29. The highest BCUT2D eigenvalue weighted by molar-refractivity contribution is 5.99. The lowest BCUT2D eigenvalue weighted by molar-refractivity contribution is -0.400. The normalized spacial score (nSPS) is 10.6. The van der Waals surface area contributed by atoms with E-state index in [-0.39, 0.29) is 5.88 Å². The predicted octanol–water partition coefficient (Wildman–Crippen LogP) is 3.93. The van der Waals surface area contributed by atoms with Crippen LogP contribution < -0.4 is 4.74 Å². The minimum absolute atomic E-state index is 0.313. The molecule has 0 fully saturated rings. The molecule has 0 spiro atoms. The minimum Gasteiger partial charge on any atom is -0.427 e. The molecule has 6 nitrogen and oxygen atoms in total. The lowest BCUT2D eigenvalue weighted by atomic mass is 10.0. The first-order chi connectivity index (χ1) is 10.6. The van der Waals surface area contributed by atoms with E-state index in [0.29, 0.717) is 27.8 Å². The summed E-state index contributed by atoms with van der Waals surface area (Å²) in [5.74, 6) is -0.479. The van der Waals surface area contributed by atoms with Gasteiger partial charge in [0.15, 0.2) is 0 Å². The summed E-state index contributed by atoms with van der Waals surface area (Å²) in [5.41, 5.74) is 1.39. The van der Waals surface area contributed by atoms with Crippen LogP contribution in [0.2, 0.25) is 0 Å². The molecule has 0 radical (unpaired) electrons. The molecule has 3 aromatic rings. The Balaban J connectivity index is 2.27. The van der Waals surface area contributed by atoms with Crippen molar-refractivity contribution in [3.8, 4) is 16.9 Å². The number of carbonyl (C=O) groups is 1. The Morgan fingerprint density at radius 1 is 1.18 bits per heavy atom. The second kappa shape index (κ2) is 5.33. The number of rotatable bonds is 3. The molecule has 1 aromatic heterocycles. The number of esters is 1. The lowest BCUT2D eigenvalue weighted by Gasteiger charge is -2.01. The molecule has 110 valence electrons. The van der Waals surface area contributed by atoms with Gasteiger partial charge in [0.2, 0.25) is 0 Å². The summed E-state index contributed by atoms with van der Waals surface area (Å²) in [4.78, 5) is 21.8. The van der Waals surface area contributed by atoms with E-state index in [4.69, 9.17) is 9.15 Å². The molecule has 6 heteroatoms. The SMILES string of the molecule is CC(=O)Oc1ccc2oc([N+](=O)[O-])c(-c3ccccc3)c2c1. The molecule has 2 aromatic carbocycles. The van der Waals surface area contributed by atoms with Crippen LogP contribution in [-0.4, -0.2) is 10.9 Å². The van der Waals surface area contributed by atoms with E-state index >= 15 is 0 Å². The first-order valence-corrected chi connectivity index (χ1v) is 6.51. The molecule has 0 aliphatic carbocycles. The van der Waals surface area contributed by atoms with Crippen LogP contribution in [0.5, 0.6) is 5.75 Å². The van der Waals surface area contributed by atoms with Crippen molar-refractivity contribution in [2.75, 3.05) is 0 Å². The minimum atomic E-state index is -0.562. The van der Waals surface area contributed by atoms with Crippen molar-refractivity contribution < 1.29 is 18.9 Å². The van der Waals surface area contributed by atoms with Crippen LogP contribution in [0.4, 0.5) is 5.88 Å². The fourth-order valence-corrected chi connectivity index (χ4v) is 2.31. The van der Waals surface area contributed by atoms with Gasteiger partial charge in [-0.1, -0.05) is 30.3 Å². The molecule has 0 aliphatic rings. The number of hydrogen-bond acceptors (Lipinski definition) is 5. The monoisotopic (exact) mass is 297 g/mol. The fourth-order valence-electron chi connectivity index (χ4n) is 2.31. The van der Waals surface area contributed by atoms with Crippen LogP contribution in [-0.2, 0) is 4.79 Å². The fraction of sp³-hybridized carbons (Fsp3) is 0.0625. The second-order valence-corrected chi connectivity index (χ2v) is 4.66. The van der Waals surface area contributed by atoms with Gasteiger partial charge in [-0.25, -0.2) is 0 Å². The van der Waals surface area contributed by atoms with Gasteiger partial charge in [0.1, 0.15) is 21.8 Å². The Hall–Kier alpha value is -3.15. The standard InChI is InChI=1S/C16H11NO5/c1-10(18)21-12-7-8-14-13(9-12)15(16(22-14)17(19)20)11-5-3-2-4-6-11/h2-9H,1H3. The zero-order valence-corrected chi connectivity index (χ0v) is 11.6. The van der Waals surface area contributed by atoms with Gasteiger partial charge in [-0.2, -0.15) is 0 Å². The number of nitro groups is 1. The second-order valence-electron chi connectivity index (χ2n) is 4.66. The van der Waals surface area contributed by atoms with Gasteiger partial charge in [-0.15, -0.1) is 0 Å².